The van der Waals surface area contributed by atoms with Crippen LogP contribution in [0.5, 0.6) is 0 Å². The smallest absolute Gasteiger partial charge is 0.435 e. The molecule has 0 fully saturated rings. The molecule has 27 heavy (non-hydrogen) atoms. The lowest BCUT2D eigenvalue weighted by atomic mass is 10.1. The Hall–Kier alpha value is -2.98. The topological polar surface area (TPSA) is 97.1 Å². The molecule has 7 nitrogen and oxygen atoms in total. The molecule has 1 unspecified atom stereocenters. The minimum Gasteiger partial charge on any atom is -0.480 e. The van der Waals surface area contributed by atoms with Crippen LogP contribution in [0.1, 0.15) is 42.4 Å². The number of unbranched alkanes of at least 4 members (excludes halogenated alkanes) is 1. The number of halogens is 4. The van der Waals surface area contributed by atoms with Crippen LogP contribution in [-0.4, -0.2) is 38.0 Å². The number of rotatable bonds is 7. The predicted molar refractivity (Wildman–Crippen MR) is 84.7 cm³/mol. The molecule has 0 spiro atoms. The molecule has 1 atom stereocenters. The number of nitrogens with one attached hydrogen (secondary N) is 1. The summed E-state index contributed by atoms with van der Waals surface area (Å²) in [5, 5.41) is 17.6. The first-order chi connectivity index (χ1) is 12.7. The molecule has 2 aromatic rings. The summed E-state index contributed by atoms with van der Waals surface area (Å²) in [4.78, 5) is 23.4. The average molecular weight is 388 g/mol. The minimum absolute atomic E-state index is 0.0420. The van der Waals surface area contributed by atoms with Crippen molar-refractivity contribution in [2.24, 2.45) is 0 Å². The van der Waals surface area contributed by atoms with Gasteiger partial charge in [0.1, 0.15) is 17.5 Å². The minimum atomic E-state index is -5.08. The molecular formula is C16H16F4N4O3. The number of aliphatic carboxylic acids is 1. The molecule has 1 amide bonds. The van der Waals surface area contributed by atoms with E-state index in [-0.39, 0.29) is 11.1 Å². The number of benzene rings is 1. The van der Waals surface area contributed by atoms with E-state index in [9.17, 15) is 27.2 Å². The fraction of sp³-hybridized carbons (Fsp3) is 0.375. The molecule has 2 rings (SSSR count). The van der Waals surface area contributed by atoms with E-state index in [2.05, 4.69) is 10.3 Å². The third-order valence-electron chi connectivity index (χ3n) is 3.68. The van der Waals surface area contributed by atoms with Gasteiger partial charge in [-0.2, -0.15) is 13.2 Å². The van der Waals surface area contributed by atoms with Gasteiger partial charge in [0.15, 0.2) is 11.4 Å². The van der Waals surface area contributed by atoms with E-state index in [1.165, 1.54) is 12.1 Å². The first kappa shape index (κ1) is 20.3. The summed E-state index contributed by atoms with van der Waals surface area (Å²) >= 11 is 0. The summed E-state index contributed by atoms with van der Waals surface area (Å²) in [5.41, 5.74) is -3.27. The van der Waals surface area contributed by atoms with E-state index < -0.39 is 47.0 Å². The zero-order chi connectivity index (χ0) is 20.2. The van der Waals surface area contributed by atoms with Gasteiger partial charge >= 0.3 is 12.1 Å². The Morgan fingerprint density at radius 3 is 2.52 bits per heavy atom. The van der Waals surface area contributed by atoms with Crippen LogP contribution < -0.4 is 5.32 Å². The molecular weight excluding hydrogens is 372 g/mol. The van der Waals surface area contributed by atoms with Crippen molar-refractivity contribution in [1.82, 2.24) is 20.3 Å². The average Bonchev–Trinajstić information content (AvgIpc) is 3.04. The van der Waals surface area contributed by atoms with E-state index in [1.54, 1.807) is 6.92 Å². The van der Waals surface area contributed by atoms with Gasteiger partial charge in [-0.05, 0) is 18.6 Å². The first-order valence-electron chi connectivity index (χ1n) is 7.98. The summed E-state index contributed by atoms with van der Waals surface area (Å²) in [7, 11) is 0. The number of hydrogen-bond donors (Lipinski definition) is 2. The van der Waals surface area contributed by atoms with Gasteiger partial charge in [0.2, 0.25) is 0 Å². The van der Waals surface area contributed by atoms with Crippen LogP contribution >= 0.6 is 0 Å². The number of hydrogen-bond acceptors (Lipinski definition) is 4. The Morgan fingerprint density at radius 1 is 1.30 bits per heavy atom. The highest BCUT2D eigenvalue weighted by Gasteiger charge is 2.42. The number of para-hydroxylation sites is 1. The highest BCUT2D eigenvalue weighted by Crippen LogP contribution is 2.33. The molecule has 11 heteroatoms. The lowest BCUT2D eigenvalue weighted by Gasteiger charge is -2.15. The summed E-state index contributed by atoms with van der Waals surface area (Å²) in [6.07, 6.45) is -3.96. The predicted octanol–water partition coefficient (Wildman–Crippen LogP) is 2.80. The summed E-state index contributed by atoms with van der Waals surface area (Å²) < 4.78 is 54.5. The van der Waals surface area contributed by atoms with E-state index in [0.717, 1.165) is 12.1 Å². The van der Waals surface area contributed by atoms with Crippen LogP contribution in [-0.2, 0) is 11.0 Å². The third-order valence-corrected chi connectivity index (χ3v) is 3.68. The van der Waals surface area contributed by atoms with Crippen LogP contribution in [0.15, 0.2) is 24.3 Å². The van der Waals surface area contributed by atoms with E-state index >= 15 is 0 Å². The Labute approximate surface area is 151 Å². The number of carboxylic acid groups (broad SMARTS) is 1. The van der Waals surface area contributed by atoms with E-state index in [4.69, 9.17) is 5.11 Å². The summed E-state index contributed by atoms with van der Waals surface area (Å²) in [5.74, 6) is -3.73. The van der Waals surface area contributed by atoms with Crippen LogP contribution in [0, 0.1) is 5.82 Å². The van der Waals surface area contributed by atoms with Crippen LogP contribution in [0.3, 0.4) is 0 Å². The second-order valence-corrected chi connectivity index (χ2v) is 5.65. The van der Waals surface area contributed by atoms with Gasteiger partial charge in [-0.1, -0.05) is 37.1 Å². The van der Waals surface area contributed by atoms with Gasteiger partial charge in [-0.15, -0.1) is 5.10 Å². The number of carbonyl (C=O) groups excluding carboxylic acids is 1. The third kappa shape index (κ3) is 4.60. The molecule has 0 saturated heterocycles. The van der Waals surface area contributed by atoms with E-state index in [1.807, 2.05) is 5.32 Å². The van der Waals surface area contributed by atoms with Crippen molar-refractivity contribution in [2.45, 2.75) is 38.4 Å². The number of aromatic nitrogens is 3. The second kappa shape index (κ2) is 8.14. The Morgan fingerprint density at radius 2 is 1.96 bits per heavy atom. The number of carboxylic acids is 1. The lowest BCUT2D eigenvalue weighted by molar-refractivity contribution is -0.143. The standard InChI is InChI=1S/C16H16F4N4O3/c1-2-3-7-10(15(26)27)21-14(25)12-13(16(18,19)20)24(23-22-12)11-8-5-4-6-9(11)17/h4-6,8,10H,2-3,7H2,1H3,(H,21,25)(H,26,27). The van der Waals surface area contributed by atoms with Crippen molar-refractivity contribution in [3.8, 4) is 5.69 Å². The van der Waals surface area contributed by atoms with Crippen molar-refractivity contribution in [3.63, 3.8) is 0 Å². The van der Waals surface area contributed by atoms with Crippen molar-refractivity contribution in [3.05, 3.63) is 41.5 Å². The lowest BCUT2D eigenvalue weighted by Crippen LogP contribution is -2.41. The van der Waals surface area contributed by atoms with Gasteiger partial charge < -0.3 is 10.4 Å². The van der Waals surface area contributed by atoms with Crippen LogP contribution in [0.25, 0.3) is 5.69 Å². The molecule has 0 bridgehead atoms. The SMILES string of the molecule is CCCCC(NC(=O)c1nnn(-c2ccccc2F)c1C(F)(F)F)C(=O)O. The van der Waals surface area contributed by atoms with Gasteiger partial charge in [0.25, 0.3) is 5.91 Å². The van der Waals surface area contributed by atoms with Crippen molar-refractivity contribution >= 4 is 11.9 Å². The number of nitrogens with zero attached hydrogens (tertiary/aromatic N) is 3. The van der Waals surface area contributed by atoms with Gasteiger partial charge in [-0.25, -0.2) is 13.9 Å². The molecule has 0 aliphatic rings. The zero-order valence-corrected chi connectivity index (χ0v) is 14.1. The Bertz CT molecular complexity index is 835. The maximum atomic E-state index is 13.9. The highest BCUT2D eigenvalue weighted by molar-refractivity contribution is 5.96. The van der Waals surface area contributed by atoms with Crippen molar-refractivity contribution < 1.29 is 32.3 Å². The van der Waals surface area contributed by atoms with Crippen LogP contribution in [0.2, 0.25) is 0 Å². The maximum Gasteiger partial charge on any atom is 0.435 e. The molecule has 1 aromatic carbocycles. The molecule has 0 radical (unpaired) electrons. The fourth-order valence-electron chi connectivity index (χ4n) is 2.37. The van der Waals surface area contributed by atoms with Crippen molar-refractivity contribution in [1.29, 1.82) is 0 Å². The molecule has 146 valence electrons. The van der Waals surface area contributed by atoms with Gasteiger partial charge in [-0.3, -0.25) is 4.79 Å². The number of amides is 1. The molecule has 0 aliphatic carbocycles. The van der Waals surface area contributed by atoms with E-state index in [0.29, 0.717) is 12.8 Å². The normalized spacial score (nSPS) is 12.6. The Balaban J connectivity index is 2.44. The molecule has 1 heterocycles. The molecule has 1 aromatic heterocycles. The Kier molecular flexibility index (Phi) is 6.13. The first-order valence-corrected chi connectivity index (χ1v) is 7.98. The number of alkyl halides is 3. The second-order valence-electron chi connectivity index (χ2n) is 5.65. The van der Waals surface area contributed by atoms with Crippen LogP contribution in [0.4, 0.5) is 17.6 Å². The number of carbonyl (C=O) groups is 2. The maximum absolute atomic E-state index is 13.9. The highest BCUT2D eigenvalue weighted by atomic mass is 19.4. The zero-order valence-electron chi connectivity index (χ0n) is 14.1. The van der Waals surface area contributed by atoms with Crippen molar-refractivity contribution in [2.75, 3.05) is 0 Å². The largest absolute Gasteiger partial charge is 0.480 e. The molecule has 0 saturated carbocycles. The summed E-state index contributed by atoms with van der Waals surface area (Å²) in [6.45, 7) is 1.79. The fourth-order valence-corrected chi connectivity index (χ4v) is 2.37. The molecule has 2 N–H and O–H groups in total. The monoisotopic (exact) mass is 388 g/mol. The summed E-state index contributed by atoms with van der Waals surface area (Å²) in [6, 6.07) is 3.18. The quantitative estimate of drug-likeness (QED) is 0.711. The van der Waals surface area contributed by atoms with Gasteiger partial charge in [0, 0.05) is 0 Å². The molecule has 0 aliphatic heterocycles. The van der Waals surface area contributed by atoms with Gasteiger partial charge in [0.05, 0.1) is 0 Å².